The third kappa shape index (κ3) is 3.67. The van der Waals surface area contributed by atoms with Crippen molar-refractivity contribution >= 4 is 16.9 Å². The molecule has 0 N–H and O–H groups in total. The van der Waals surface area contributed by atoms with Crippen molar-refractivity contribution in [2.45, 2.75) is 26.1 Å². The van der Waals surface area contributed by atoms with Gasteiger partial charge < -0.3 is 9.30 Å². The minimum Gasteiger partial charge on any atom is -0.465 e. The first kappa shape index (κ1) is 18.9. The van der Waals surface area contributed by atoms with Crippen molar-refractivity contribution in [2.24, 2.45) is 0 Å². The second-order valence-electron chi connectivity index (χ2n) is 6.13. The van der Waals surface area contributed by atoms with E-state index < -0.39 is 23.5 Å². The number of nitrogens with zero attached hydrogens (tertiary/aromatic N) is 1. The number of aryl methyl sites for hydroxylation is 1. The molecule has 1 heterocycles. The van der Waals surface area contributed by atoms with Crippen molar-refractivity contribution in [2.75, 3.05) is 7.11 Å². The molecule has 0 atom stereocenters. The number of esters is 1. The summed E-state index contributed by atoms with van der Waals surface area (Å²) in [6, 6.07) is 9.47. The molecule has 0 bridgehead atoms. The molecule has 27 heavy (non-hydrogen) atoms. The molecule has 0 aliphatic carbocycles. The van der Waals surface area contributed by atoms with Crippen LogP contribution in [0.2, 0.25) is 0 Å². The lowest BCUT2D eigenvalue weighted by Gasteiger charge is -2.11. The van der Waals surface area contributed by atoms with Crippen molar-refractivity contribution in [3.8, 4) is 0 Å². The fraction of sp³-hybridized carbons (Fsp3) is 0.250. The lowest BCUT2D eigenvalue weighted by Crippen LogP contribution is -2.07. The zero-order chi connectivity index (χ0) is 19.8. The third-order valence-electron chi connectivity index (χ3n) is 4.48. The summed E-state index contributed by atoms with van der Waals surface area (Å²) in [4.78, 5) is 11.7. The van der Waals surface area contributed by atoms with Crippen LogP contribution in [0.25, 0.3) is 10.9 Å². The Morgan fingerprint density at radius 2 is 1.85 bits per heavy atom. The number of benzene rings is 2. The number of hydrogen-bond acceptors (Lipinski definition) is 2. The smallest absolute Gasteiger partial charge is 0.416 e. The van der Waals surface area contributed by atoms with E-state index in [1.807, 2.05) is 17.6 Å². The van der Waals surface area contributed by atoms with Gasteiger partial charge in [0.05, 0.1) is 18.2 Å². The molecule has 0 unspecified atom stereocenters. The van der Waals surface area contributed by atoms with Crippen LogP contribution >= 0.6 is 0 Å². The SMILES string of the molecule is CCn1c(Cc2ccc(C(F)(F)F)cc2F)cc2cc(C(=O)OC)ccc21. The fourth-order valence-corrected chi connectivity index (χ4v) is 3.15. The molecule has 0 radical (unpaired) electrons. The number of hydrogen-bond donors (Lipinski definition) is 0. The van der Waals surface area contributed by atoms with Crippen LogP contribution in [0, 0.1) is 5.82 Å². The maximum Gasteiger partial charge on any atom is 0.416 e. The van der Waals surface area contributed by atoms with E-state index in [-0.39, 0.29) is 12.0 Å². The summed E-state index contributed by atoms with van der Waals surface area (Å²) in [5.41, 5.74) is 1.15. The molecule has 3 rings (SSSR count). The highest BCUT2D eigenvalue weighted by atomic mass is 19.4. The Morgan fingerprint density at radius 1 is 1.11 bits per heavy atom. The predicted octanol–water partition coefficient (Wildman–Crippen LogP) is 5.20. The monoisotopic (exact) mass is 379 g/mol. The Bertz CT molecular complexity index is 1010. The molecule has 0 saturated heterocycles. The van der Waals surface area contributed by atoms with Crippen LogP contribution in [-0.4, -0.2) is 17.6 Å². The lowest BCUT2D eigenvalue weighted by molar-refractivity contribution is -0.137. The number of carbonyl (C=O) groups is 1. The highest BCUT2D eigenvalue weighted by Gasteiger charge is 2.31. The predicted molar refractivity (Wildman–Crippen MR) is 93.2 cm³/mol. The average molecular weight is 379 g/mol. The van der Waals surface area contributed by atoms with Crippen molar-refractivity contribution in [3.05, 3.63) is 70.7 Å². The van der Waals surface area contributed by atoms with Crippen molar-refractivity contribution in [1.29, 1.82) is 0 Å². The number of alkyl halides is 3. The first-order valence-corrected chi connectivity index (χ1v) is 8.30. The van der Waals surface area contributed by atoms with Crippen molar-refractivity contribution in [1.82, 2.24) is 4.57 Å². The molecule has 0 spiro atoms. The normalized spacial score (nSPS) is 11.8. The van der Waals surface area contributed by atoms with Gasteiger partial charge in [0.15, 0.2) is 0 Å². The standard InChI is InChI=1S/C20H17F4NO2/c1-3-25-16(9-12-4-6-15(11-17(12)21)20(22,23)24)10-14-8-13(19(26)27-2)5-7-18(14)25/h4-8,10-11H,3,9H2,1-2H3. The van der Waals surface area contributed by atoms with Crippen LogP contribution < -0.4 is 0 Å². The lowest BCUT2D eigenvalue weighted by atomic mass is 10.1. The van der Waals surface area contributed by atoms with Crippen molar-refractivity contribution < 1.29 is 27.1 Å². The minimum absolute atomic E-state index is 0.139. The molecule has 7 heteroatoms. The largest absolute Gasteiger partial charge is 0.465 e. The second-order valence-corrected chi connectivity index (χ2v) is 6.13. The van der Waals surface area contributed by atoms with Gasteiger partial charge in [-0.1, -0.05) is 6.07 Å². The summed E-state index contributed by atoms with van der Waals surface area (Å²) < 4.78 is 59.0. The second kappa shape index (κ2) is 7.06. The molecule has 1 aromatic heterocycles. The molecule has 0 fully saturated rings. The first-order chi connectivity index (χ1) is 12.7. The van der Waals surface area contributed by atoms with Gasteiger partial charge in [-0.05, 0) is 48.9 Å². The number of aromatic nitrogens is 1. The summed E-state index contributed by atoms with van der Waals surface area (Å²) in [5.74, 6) is -1.36. The summed E-state index contributed by atoms with van der Waals surface area (Å²) in [6.07, 6.45) is -4.44. The van der Waals surface area contributed by atoms with Gasteiger partial charge in [-0.25, -0.2) is 9.18 Å². The topological polar surface area (TPSA) is 31.2 Å². The van der Waals surface area contributed by atoms with Crippen LogP contribution in [-0.2, 0) is 23.9 Å². The maximum atomic E-state index is 14.2. The molecular weight excluding hydrogens is 362 g/mol. The van der Waals surface area contributed by atoms with Gasteiger partial charge in [0, 0.05) is 29.6 Å². The highest BCUT2D eigenvalue weighted by molar-refractivity contribution is 5.95. The highest BCUT2D eigenvalue weighted by Crippen LogP contribution is 2.31. The number of rotatable bonds is 4. The average Bonchev–Trinajstić information content (AvgIpc) is 2.97. The van der Waals surface area contributed by atoms with Gasteiger partial charge in [0.1, 0.15) is 5.82 Å². The number of fused-ring (bicyclic) bond motifs is 1. The van der Waals surface area contributed by atoms with E-state index in [1.165, 1.54) is 7.11 Å². The Labute approximate surface area is 153 Å². The Hall–Kier alpha value is -2.83. The van der Waals surface area contributed by atoms with Crippen LogP contribution in [0.5, 0.6) is 0 Å². The fourth-order valence-electron chi connectivity index (χ4n) is 3.15. The zero-order valence-electron chi connectivity index (χ0n) is 14.7. The van der Waals surface area contributed by atoms with Gasteiger partial charge in [-0.15, -0.1) is 0 Å². The van der Waals surface area contributed by atoms with Crippen LogP contribution in [0.3, 0.4) is 0 Å². The molecule has 0 amide bonds. The first-order valence-electron chi connectivity index (χ1n) is 8.30. The van der Waals surface area contributed by atoms with E-state index in [9.17, 15) is 22.4 Å². The van der Waals surface area contributed by atoms with Crippen LogP contribution in [0.4, 0.5) is 17.6 Å². The molecule has 3 nitrogen and oxygen atoms in total. The number of ether oxygens (including phenoxy) is 1. The maximum absolute atomic E-state index is 14.2. The third-order valence-corrected chi connectivity index (χ3v) is 4.48. The zero-order valence-corrected chi connectivity index (χ0v) is 14.7. The van der Waals surface area contributed by atoms with E-state index >= 15 is 0 Å². The van der Waals surface area contributed by atoms with Crippen molar-refractivity contribution in [3.63, 3.8) is 0 Å². The van der Waals surface area contributed by atoms with Gasteiger partial charge in [0.2, 0.25) is 0 Å². The van der Waals surface area contributed by atoms with Gasteiger partial charge in [-0.2, -0.15) is 13.2 Å². The molecule has 0 aliphatic rings. The summed E-state index contributed by atoms with van der Waals surface area (Å²) in [7, 11) is 1.29. The molecule has 142 valence electrons. The van der Waals surface area contributed by atoms with Gasteiger partial charge >= 0.3 is 12.1 Å². The summed E-state index contributed by atoms with van der Waals surface area (Å²) >= 11 is 0. The van der Waals surface area contributed by atoms with Crippen LogP contribution in [0.1, 0.15) is 34.1 Å². The minimum atomic E-state index is -4.58. The van der Waals surface area contributed by atoms with E-state index in [0.29, 0.717) is 18.2 Å². The van der Waals surface area contributed by atoms with E-state index in [1.54, 1.807) is 18.2 Å². The Morgan fingerprint density at radius 3 is 2.44 bits per heavy atom. The molecule has 0 saturated carbocycles. The quantitative estimate of drug-likeness (QED) is 0.461. The Balaban J connectivity index is 2.00. The van der Waals surface area contributed by atoms with Crippen LogP contribution in [0.15, 0.2) is 42.5 Å². The Kier molecular flexibility index (Phi) is 4.95. The van der Waals surface area contributed by atoms with E-state index in [2.05, 4.69) is 0 Å². The van der Waals surface area contributed by atoms with E-state index in [4.69, 9.17) is 4.74 Å². The summed E-state index contributed by atoms with van der Waals surface area (Å²) in [5, 5.41) is 0.780. The molecular formula is C20H17F4NO2. The van der Waals surface area contributed by atoms with Gasteiger partial charge in [-0.3, -0.25) is 0 Å². The number of methoxy groups -OCH3 is 1. The molecule has 3 aromatic rings. The van der Waals surface area contributed by atoms with Gasteiger partial charge in [0.25, 0.3) is 0 Å². The van der Waals surface area contributed by atoms with E-state index in [0.717, 1.165) is 28.7 Å². The summed E-state index contributed by atoms with van der Waals surface area (Å²) in [6.45, 7) is 2.51. The number of carbonyl (C=O) groups excluding carboxylic acids is 1. The molecule has 2 aromatic carbocycles. The molecule has 0 aliphatic heterocycles. The number of halogens is 4.